The van der Waals surface area contributed by atoms with Crippen LogP contribution in [0.5, 0.6) is 0 Å². The molecule has 1 aromatic carbocycles. The van der Waals surface area contributed by atoms with Gasteiger partial charge in [-0.25, -0.2) is 9.59 Å². The third-order valence-electron chi connectivity index (χ3n) is 1.71. The first-order valence-corrected chi connectivity index (χ1v) is 4.87. The molecule has 0 heterocycles. The van der Waals surface area contributed by atoms with Gasteiger partial charge in [-0.05, 0) is 17.7 Å². The molecule has 1 rings (SSSR count). The standard InChI is InChI=1S/C8H7NO2.C4H4O4/c1-2-7-3-5-8(6-4-7)9(10)11;5-3(6)1-2-4(7)8/h2-6H,1H2;1-2H,(H,5,6)(H,7,8)/b;2-1-. The Hall–Kier alpha value is -2.96. The molecule has 0 aliphatic heterocycles. The number of rotatable bonds is 4. The number of hydrogen-bond donors (Lipinski definition) is 2. The lowest BCUT2D eigenvalue weighted by atomic mass is 10.2. The number of non-ortho nitro benzene ring substituents is 1. The molecule has 0 bridgehead atoms. The van der Waals surface area contributed by atoms with Crippen molar-refractivity contribution in [2.45, 2.75) is 0 Å². The average molecular weight is 265 g/mol. The molecule has 19 heavy (non-hydrogen) atoms. The summed E-state index contributed by atoms with van der Waals surface area (Å²) in [7, 11) is 0. The molecular formula is C12H11NO6. The monoisotopic (exact) mass is 265 g/mol. The summed E-state index contributed by atoms with van der Waals surface area (Å²) in [5.41, 5.74) is 0.992. The molecule has 2 N–H and O–H groups in total. The first-order chi connectivity index (χ1) is 8.86. The molecule has 0 aliphatic rings. The first kappa shape index (κ1) is 16.0. The zero-order valence-corrected chi connectivity index (χ0v) is 9.72. The van der Waals surface area contributed by atoms with E-state index in [1.54, 1.807) is 18.2 Å². The molecule has 7 nitrogen and oxygen atoms in total. The van der Waals surface area contributed by atoms with Crippen LogP contribution in [0.2, 0.25) is 0 Å². The minimum atomic E-state index is -1.26. The van der Waals surface area contributed by atoms with Crippen molar-refractivity contribution >= 4 is 23.7 Å². The molecule has 0 spiro atoms. The van der Waals surface area contributed by atoms with Gasteiger partial charge in [0.15, 0.2) is 0 Å². The molecule has 0 atom stereocenters. The van der Waals surface area contributed by atoms with Crippen LogP contribution in [0.15, 0.2) is 43.0 Å². The summed E-state index contributed by atoms with van der Waals surface area (Å²) >= 11 is 0. The van der Waals surface area contributed by atoms with Crippen LogP contribution >= 0.6 is 0 Å². The lowest BCUT2D eigenvalue weighted by Gasteiger charge is -1.91. The Morgan fingerprint density at radius 2 is 1.53 bits per heavy atom. The summed E-state index contributed by atoms with van der Waals surface area (Å²) in [6.07, 6.45) is 2.76. The predicted octanol–water partition coefficient (Wildman–Crippen LogP) is 1.95. The van der Waals surface area contributed by atoms with Gasteiger partial charge in [-0.15, -0.1) is 0 Å². The molecule has 0 radical (unpaired) electrons. The van der Waals surface area contributed by atoms with E-state index >= 15 is 0 Å². The van der Waals surface area contributed by atoms with Gasteiger partial charge in [-0.3, -0.25) is 10.1 Å². The molecule has 0 aromatic heterocycles. The Morgan fingerprint density at radius 1 is 1.11 bits per heavy atom. The maximum Gasteiger partial charge on any atom is 0.328 e. The molecular weight excluding hydrogens is 254 g/mol. The highest BCUT2D eigenvalue weighted by Gasteiger charge is 2.01. The summed E-state index contributed by atoms with van der Waals surface area (Å²) in [6.45, 7) is 3.54. The van der Waals surface area contributed by atoms with Crippen molar-refractivity contribution in [3.8, 4) is 0 Å². The Labute approximate surface area is 108 Å². The highest BCUT2D eigenvalue weighted by molar-refractivity contribution is 5.89. The minimum Gasteiger partial charge on any atom is -0.478 e. The van der Waals surface area contributed by atoms with Crippen LogP contribution in [0.25, 0.3) is 6.08 Å². The zero-order valence-electron chi connectivity index (χ0n) is 9.72. The fraction of sp³-hybridized carbons (Fsp3) is 0. The maximum atomic E-state index is 10.2. The van der Waals surface area contributed by atoms with E-state index in [4.69, 9.17) is 10.2 Å². The number of hydrogen-bond acceptors (Lipinski definition) is 4. The van der Waals surface area contributed by atoms with Crippen LogP contribution in [0.1, 0.15) is 5.56 Å². The van der Waals surface area contributed by atoms with Crippen molar-refractivity contribution in [2.24, 2.45) is 0 Å². The fourth-order valence-corrected chi connectivity index (χ4v) is 0.875. The van der Waals surface area contributed by atoms with E-state index in [1.165, 1.54) is 12.1 Å². The van der Waals surface area contributed by atoms with Gasteiger partial charge in [0, 0.05) is 24.3 Å². The Bertz CT molecular complexity index is 487. The van der Waals surface area contributed by atoms with Gasteiger partial charge in [0.1, 0.15) is 0 Å². The number of carboxylic acids is 2. The zero-order chi connectivity index (χ0) is 14.8. The molecule has 0 fully saturated rings. The van der Waals surface area contributed by atoms with E-state index in [2.05, 4.69) is 6.58 Å². The van der Waals surface area contributed by atoms with Gasteiger partial charge in [0.2, 0.25) is 0 Å². The van der Waals surface area contributed by atoms with Gasteiger partial charge in [0.25, 0.3) is 5.69 Å². The molecule has 0 unspecified atom stereocenters. The van der Waals surface area contributed by atoms with Crippen LogP contribution in [0.4, 0.5) is 5.69 Å². The van der Waals surface area contributed by atoms with Crippen LogP contribution in [-0.2, 0) is 9.59 Å². The van der Waals surface area contributed by atoms with Crippen molar-refractivity contribution in [3.05, 3.63) is 58.7 Å². The fourth-order valence-electron chi connectivity index (χ4n) is 0.875. The Kier molecular flexibility index (Phi) is 6.90. The second-order valence-corrected chi connectivity index (χ2v) is 3.06. The van der Waals surface area contributed by atoms with E-state index in [9.17, 15) is 19.7 Å². The van der Waals surface area contributed by atoms with Crippen molar-refractivity contribution in [1.29, 1.82) is 0 Å². The summed E-state index contributed by atoms with van der Waals surface area (Å²) in [5, 5.41) is 25.8. The number of carboxylic acid groups (broad SMARTS) is 2. The lowest BCUT2D eigenvalue weighted by molar-refractivity contribution is -0.384. The Balaban J connectivity index is 0.000000362. The molecule has 100 valence electrons. The van der Waals surface area contributed by atoms with Gasteiger partial charge in [-0.2, -0.15) is 0 Å². The van der Waals surface area contributed by atoms with Crippen LogP contribution in [0.3, 0.4) is 0 Å². The highest BCUT2D eigenvalue weighted by atomic mass is 16.6. The van der Waals surface area contributed by atoms with E-state index in [-0.39, 0.29) is 5.69 Å². The number of nitro benzene ring substituents is 1. The third kappa shape index (κ3) is 7.86. The third-order valence-corrected chi connectivity index (χ3v) is 1.71. The van der Waals surface area contributed by atoms with Crippen molar-refractivity contribution in [1.82, 2.24) is 0 Å². The van der Waals surface area contributed by atoms with Gasteiger partial charge in [0.05, 0.1) is 4.92 Å². The summed E-state index contributed by atoms with van der Waals surface area (Å²) in [4.78, 5) is 28.9. The van der Waals surface area contributed by atoms with E-state index < -0.39 is 16.9 Å². The first-order valence-electron chi connectivity index (χ1n) is 4.87. The van der Waals surface area contributed by atoms with E-state index in [1.807, 2.05) is 0 Å². The van der Waals surface area contributed by atoms with Gasteiger partial charge in [-0.1, -0.05) is 12.7 Å². The average Bonchev–Trinajstić information content (AvgIpc) is 2.37. The molecule has 0 saturated heterocycles. The molecule has 0 amide bonds. The minimum absolute atomic E-state index is 0.107. The quantitative estimate of drug-likeness (QED) is 0.488. The predicted molar refractivity (Wildman–Crippen MR) is 67.6 cm³/mol. The number of carbonyl (C=O) groups is 2. The van der Waals surface area contributed by atoms with Crippen LogP contribution < -0.4 is 0 Å². The number of nitrogens with zero attached hydrogens (tertiary/aromatic N) is 1. The number of aliphatic carboxylic acids is 2. The van der Waals surface area contributed by atoms with Crippen molar-refractivity contribution in [3.63, 3.8) is 0 Å². The van der Waals surface area contributed by atoms with E-state index in [0.29, 0.717) is 12.2 Å². The normalized spacial score (nSPS) is 9.26. The Morgan fingerprint density at radius 3 is 1.79 bits per heavy atom. The van der Waals surface area contributed by atoms with Crippen molar-refractivity contribution in [2.75, 3.05) is 0 Å². The van der Waals surface area contributed by atoms with Crippen LogP contribution in [-0.4, -0.2) is 27.1 Å². The molecule has 7 heteroatoms. The number of nitro groups is 1. The highest BCUT2D eigenvalue weighted by Crippen LogP contribution is 2.11. The molecule has 0 aliphatic carbocycles. The topological polar surface area (TPSA) is 118 Å². The second kappa shape index (κ2) is 8.18. The number of benzene rings is 1. The molecule has 0 saturated carbocycles. The summed E-state index contributed by atoms with van der Waals surface area (Å²) in [5.74, 6) is -2.51. The second-order valence-electron chi connectivity index (χ2n) is 3.06. The van der Waals surface area contributed by atoms with Gasteiger partial charge >= 0.3 is 11.9 Å². The maximum absolute atomic E-state index is 10.2. The summed E-state index contributed by atoms with van der Waals surface area (Å²) < 4.78 is 0. The lowest BCUT2D eigenvalue weighted by Crippen LogP contribution is -1.91. The van der Waals surface area contributed by atoms with E-state index in [0.717, 1.165) is 5.56 Å². The smallest absolute Gasteiger partial charge is 0.328 e. The van der Waals surface area contributed by atoms with Gasteiger partial charge < -0.3 is 10.2 Å². The largest absolute Gasteiger partial charge is 0.478 e. The van der Waals surface area contributed by atoms with Crippen LogP contribution in [0, 0.1) is 10.1 Å². The SMILES string of the molecule is C=Cc1ccc([N+](=O)[O-])cc1.O=C(O)/C=C\C(=O)O. The summed E-state index contributed by atoms with van der Waals surface area (Å²) in [6, 6.07) is 6.23. The molecule has 1 aromatic rings. The van der Waals surface area contributed by atoms with Crippen molar-refractivity contribution < 1.29 is 24.7 Å².